The molecule has 0 aliphatic heterocycles. The van der Waals surface area contributed by atoms with Gasteiger partial charge in [-0.05, 0) is 11.6 Å². The van der Waals surface area contributed by atoms with Gasteiger partial charge in [0.05, 0.1) is 23.8 Å². The van der Waals surface area contributed by atoms with E-state index >= 15 is 0 Å². The predicted molar refractivity (Wildman–Crippen MR) is 67.7 cm³/mol. The molecule has 0 saturated carbocycles. The number of nitriles is 1. The van der Waals surface area contributed by atoms with Crippen LogP contribution in [0, 0.1) is 11.3 Å². The number of rotatable bonds is 3. The molecule has 5 nitrogen and oxygen atoms in total. The number of aromatic nitrogens is 1. The molecule has 4 N–H and O–H groups in total. The lowest BCUT2D eigenvalue weighted by molar-refractivity contribution is 0.0957. The minimum atomic E-state index is -0.915. The van der Waals surface area contributed by atoms with Crippen LogP contribution < -0.4 is 5.73 Å². The number of nitrogen functional groups attached to an aromatic ring is 1. The number of aliphatic hydroxyl groups excluding tert-OH is 2. The van der Waals surface area contributed by atoms with Crippen molar-refractivity contribution in [3.05, 3.63) is 35.4 Å². The summed E-state index contributed by atoms with van der Waals surface area (Å²) in [5.74, 6) is 0.149. The second-order valence-electron chi connectivity index (χ2n) is 4.02. The molecule has 0 fully saturated rings. The Morgan fingerprint density at radius 1 is 1.39 bits per heavy atom. The molecule has 2 rings (SSSR count). The van der Waals surface area contributed by atoms with Gasteiger partial charge in [0, 0.05) is 11.8 Å². The maximum Gasteiger partial charge on any atom is 0.142 e. The van der Waals surface area contributed by atoms with E-state index in [4.69, 9.17) is 16.1 Å². The van der Waals surface area contributed by atoms with Crippen LogP contribution in [0.1, 0.15) is 11.1 Å². The summed E-state index contributed by atoms with van der Waals surface area (Å²) in [6.45, 7) is -0.360. The molecular weight excluding hydrogens is 230 g/mol. The fraction of sp³-hybridized carbons (Fsp3) is 0.231. The molecule has 2 aromatic rings. The van der Waals surface area contributed by atoms with Crippen molar-refractivity contribution in [3.8, 4) is 6.07 Å². The number of nitrogens with zero attached hydrogens (tertiary/aromatic N) is 2. The molecule has 1 atom stereocenters. The minimum Gasteiger partial charge on any atom is -0.394 e. The van der Waals surface area contributed by atoms with E-state index in [-0.39, 0.29) is 24.4 Å². The van der Waals surface area contributed by atoms with Gasteiger partial charge in [-0.25, -0.2) is 4.98 Å². The Morgan fingerprint density at radius 3 is 2.78 bits per heavy atom. The molecule has 1 aromatic heterocycles. The Balaban J connectivity index is 2.69. The van der Waals surface area contributed by atoms with E-state index in [0.29, 0.717) is 11.1 Å². The number of fused-ring (bicyclic) bond motifs is 1. The number of nitrogens with two attached hydrogens (primary N) is 1. The van der Waals surface area contributed by atoms with Crippen molar-refractivity contribution < 1.29 is 10.2 Å². The van der Waals surface area contributed by atoms with Crippen molar-refractivity contribution in [2.45, 2.75) is 12.5 Å². The molecule has 5 heteroatoms. The highest BCUT2D eigenvalue weighted by Crippen LogP contribution is 2.25. The molecule has 1 aromatic carbocycles. The topological polar surface area (TPSA) is 103 Å². The largest absolute Gasteiger partial charge is 0.394 e. The van der Waals surface area contributed by atoms with Gasteiger partial charge in [0.15, 0.2) is 0 Å². The zero-order valence-electron chi connectivity index (χ0n) is 9.67. The number of hydrogen-bond donors (Lipinski definition) is 3. The molecule has 0 bridgehead atoms. The van der Waals surface area contributed by atoms with Crippen molar-refractivity contribution in [1.82, 2.24) is 4.98 Å². The van der Waals surface area contributed by atoms with Crippen LogP contribution in [0.5, 0.6) is 0 Å². The quantitative estimate of drug-likeness (QED) is 0.731. The van der Waals surface area contributed by atoms with Gasteiger partial charge in [0.1, 0.15) is 11.9 Å². The number of anilines is 1. The first-order valence-electron chi connectivity index (χ1n) is 5.53. The summed E-state index contributed by atoms with van der Waals surface area (Å²) in [6.07, 6.45) is -0.741. The fourth-order valence-electron chi connectivity index (χ4n) is 1.94. The maximum atomic E-state index is 9.56. The SMILES string of the molecule is N#Cc1c(N)nc2ccccc2c1CC(O)CO. The highest BCUT2D eigenvalue weighted by Gasteiger charge is 2.15. The minimum absolute atomic E-state index is 0.149. The number of pyridine rings is 1. The Hall–Kier alpha value is -2.16. The molecule has 0 spiro atoms. The second kappa shape index (κ2) is 5.00. The highest BCUT2D eigenvalue weighted by molar-refractivity contribution is 5.86. The van der Waals surface area contributed by atoms with Crippen LogP contribution in [-0.2, 0) is 6.42 Å². The molecule has 1 unspecified atom stereocenters. The third-order valence-electron chi connectivity index (χ3n) is 2.79. The summed E-state index contributed by atoms with van der Waals surface area (Å²) in [5.41, 5.74) is 7.30. The van der Waals surface area contributed by atoms with E-state index in [1.807, 2.05) is 24.3 Å². The summed E-state index contributed by atoms with van der Waals surface area (Å²) >= 11 is 0. The lowest BCUT2D eigenvalue weighted by Gasteiger charge is -2.13. The van der Waals surface area contributed by atoms with Crippen LogP contribution in [0.2, 0.25) is 0 Å². The standard InChI is InChI=1S/C13H13N3O2/c14-6-11-10(5-8(18)7-17)9-3-1-2-4-12(9)16-13(11)15/h1-4,8,17-18H,5,7H2,(H2,15,16). The molecule has 0 aliphatic rings. The van der Waals surface area contributed by atoms with Gasteiger partial charge in [0.25, 0.3) is 0 Å². The lowest BCUT2D eigenvalue weighted by atomic mass is 9.98. The molecule has 1 heterocycles. The molecule has 18 heavy (non-hydrogen) atoms. The predicted octanol–water partition coefficient (Wildman–Crippen LogP) is 0.584. The zero-order valence-corrected chi connectivity index (χ0v) is 9.67. The molecule has 0 amide bonds. The number of aliphatic hydroxyl groups is 2. The van der Waals surface area contributed by atoms with Gasteiger partial charge >= 0.3 is 0 Å². The third-order valence-corrected chi connectivity index (χ3v) is 2.79. The van der Waals surface area contributed by atoms with Crippen LogP contribution in [0.15, 0.2) is 24.3 Å². The van der Waals surface area contributed by atoms with Gasteiger partial charge in [-0.1, -0.05) is 18.2 Å². The number of hydrogen-bond acceptors (Lipinski definition) is 5. The van der Waals surface area contributed by atoms with Crippen molar-refractivity contribution in [2.24, 2.45) is 0 Å². The normalized spacial score (nSPS) is 12.3. The Bertz CT molecular complexity index is 619. The smallest absolute Gasteiger partial charge is 0.142 e. The van der Waals surface area contributed by atoms with Crippen LogP contribution in [-0.4, -0.2) is 27.9 Å². The molecule has 92 valence electrons. The Morgan fingerprint density at radius 2 is 2.11 bits per heavy atom. The summed E-state index contributed by atoms with van der Waals surface area (Å²) in [7, 11) is 0. The van der Waals surface area contributed by atoms with E-state index in [2.05, 4.69) is 4.98 Å². The van der Waals surface area contributed by atoms with Gasteiger partial charge in [0.2, 0.25) is 0 Å². The van der Waals surface area contributed by atoms with E-state index in [1.54, 1.807) is 6.07 Å². The Kier molecular flexibility index (Phi) is 3.42. The third kappa shape index (κ3) is 2.12. The average Bonchev–Trinajstić information content (AvgIpc) is 2.38. The van der Waals surface area contributed by atoms with E-state index < -0.39 is 6.10 Å². The first-order chi connectivity index (χ1) is 8.67. The van der Waals surface area contributed by atoms with Crippen LogP contribution >= 0.6 is 0 Å². The number of benzene rings is 1. The lowest BCUT2D eigenvalue weighted by Crippen LogP contribution is -2.17. The van der Waals surface area contributed by atoms with Gasteiger partial charge in [-0.3, -0.25) is 0 Å². The molecule has 0 saturated heterocycles. The monoisotopic (exact) mass is 243 g/mol. The van der Waals surface area contributed by atoms with Crippen molar-refractivity contribution in [3.63, 3.8) is 0 Å². The fourth-order valence-corrected chi connectivity index (χ4v) is 1.94. The molecule has 0 radical (unpaired) electrons. The zero-order chi connectivity index (χ0) is 13.1. The first kappa shape index (κ1) is 12.3. The van der Waals surface area contributed by atoms with Crippen LogP contribution in [0.4, 0.5) is 5.82 Å². The van der Waals surface area contributed by atoms with Crippen molar-refractivity contribution >= 4 is 16.7 Å². The summed E-state index contributed by atoms with van der Waals surface area (Å²) in [6, 6.07) is 9.28. The summed E-state index contributed by atoms with van der Waals surface area (Å²) in [4.78, 5) is 4.15. The van der Waals surface area contributed by atoms with Gasteiger partial charge in [-0.15, -0.1) is 0 Å². The van der Waals surface area contributed by atoms with Crippen LogP contribution in [0.25, 0.3) is 10.9 Å². The van der Waals surface area contributed by atoms with E-state index in [9.17, 15) is 5.11 Å². The van der Waals surface area contributed by atoms with E-state index in [0.717, 1.165) is 5.39 Å². The van der Waals surface area contributed by atoms with Crippen LogP contribution in [0.3, 0.4) is 0 Å². The maximum absolute atomic E-state index is 9.56. The second-order valence-corrected chi connectivity index (χ2v) is 4.02. The first-order valence-corrected chi connectivity index (χ1v) is 5.53. The molecular formula is C13H13N3O2. The average molecular weight is 243 g/mol. The van der Waals surface area contributed by atoms with Crippen molar-refractivity contribution in [2.75, 3.05) is 12.3 Å². The highest BCUT2D eigenvalue weighted by atomic mass is 16.3. The number of para-hydroxylation sites is 1. The van der Waals surface area contributed by atoms with Gasteiger partial charge < -0.3 is 15.9 Å². The molecule has 0 aliphatic carbocycles. The summed E-state index contributed by atoms with van der Waals surface area (Å²) < 4.78 is 0. The summed E-state index contributed by atoms with van der Waals surface area (Å²) in [5, 5.41) is 28.4. The Labute approximate surface area is 104 Å². The van der Waals surface area contributed by atoms with Gasteiger partial charge in [-0.2, -0.15) is 5.26 Å². The van der Waals surface area contributed by atoms with Crippen molar-refractivity contribution in [1.29, 1.82) is 5.26 Å². The van der Waals surface area contributed by atoms with E-state index in [1.165, 1.54) is 0 Å².